The second kappa shape index (κ2) is 7.09. The van der Waals surface area contributed by atoms with Gasteiger partial charge in [-0.2, -0.15) is 0 Å². The summed E-state index contributed by atoms with van der Waals surface area (Å²) in [6, 6.07) is 8.77. The van der Waals surface area contributed by atoms with E-state index in [2.05, 4.69) is 15.0 Å². The molecule has 0 bridgehead atoms. The van der Waals surface area contributed by atoms with Crippen molar-refractivity contribution in [3.05, 3.63) is 52.8 Å². The molecule has 1 aromatic heterocycles. The highest BCUT2D eigenvalue weighted by atomic mass is 35.5. The molecular weight excluding hydrogens is 310 g/mol. The molecule has 3 N–H and O–H groups in total. The third-order valence-electron chi connectivity index (χ3n) is 3.00. The van der Waals surface area contributed by atoms with Gasteiger partial charge >= 0.3 is 0 Å². The first kappa shape index (κ1) is 16.0. The van der Waals surface area contributed by atoms with Crippen molar-refractivity contribution in [3.8, 4) is 0 Å². The van der Waals surface area contributed by atoms with Crippen LogP contribution in [0.5, 0.6) is 0 Å². The molecule has 1 aromatic carbocycles. The van der Waals surface area contributed by atoms with E-state index in [1.807, 2.05) is 13.0 Å². The number of aromatic nitrogens is 1. The lowest BCUT2D eigenvalue weighted by Gasteiger charge is -2.06. The number of H-pyrrole nitrogens is 1. The molecule has 0 radical (unpaired) electrons. The fourth-order valence-electron chi connectivity index (χ4n) is 1.83. The minimum atomic E-state index is -3.55. The summed E-state index contributed by atoms with van der Waals surface area (Å²) < 4.78 is 27.0. The SMILES string of the molecule is CCNCc1cc(S(=O)(=O)NCc2ccccc2Cl)c[nH]1. The van der Waals surface area contributed by atoms with Gasteiger partial charge in [0.2, 0.25) is 10.0 Å². The van der Waals surface area contributed by atoms with Gasteiger partial charge in [-0.25, -0.2) is 13.1 Å². The molecule has 2 aromatic rings. The average molecular weight is 328 g/mol. The van der Waals surface area contributed by atoms with E-state index in [0.29, 0.717) is 11.6 Å². The molecule has 0 atom stereocenters. The molecule has 0 aliphatic rings. The van der Waals surface area contributed by atoms with Crippen LogP contribution in [0.3, 0.4) is 0 Å². The van der Waals surface area contributed by atoms with Crippen LogP contribution in [0.25, 0.3) is 0 Å². The summed E-state index contributed by atoms with van der Waals surface area (Å²) in [5.41, 5.74) is 1.57. The van der Waals surface area contributed by atoms with Crippen molar-refractivity contribution in [2.45, 2.75) is 24.9 Å². The van der Waals surface area contributed by atoms with Gasteiger partial charge < -0.3 is 10.3 Å². The standard InChI is InChI=1S/C14H18ClN3O2S/c1-2-16-9-12-7-13(10-17-12)21(19,20)18-8-11-5-3-4-6-14(11)15/h3-7,10,16-18H,2,8-9H2,1H3. The van der Waals surface area contributed by atoms with Gasteiger partial charge in [0, 0.05) is 30.0 Å². The molecule has 0 aliphatic heterocycles. The van der Waals surface area contributed by atoms with Crippen LogP contribution in [0.2, 0.25) is 5.02 Å². The number of rotatable bonds is 7. The predicted molar refractivity (Wildman–Crippen MR) is 83.7 cm³/mol. The Kier molecular flexibility index (Phi) is 5.41. The summed E-state index contributed by atoms with van der Waals surface area (Å²) in [5.74, 6) is 0. The van der Waals surface area contributed by atoms with Crippen molar-refractivity contribution < 1.29 is 8.42 Å². The van der Waals surface area contributed by atoms with Crippen LogP contribution >= 0.6 is 11.6 Å². The van der Waals surface area contributed by atoms with Gasteiger partial charge in [-0.3, -0.25) is 0 Å². The fourth-order valence-corrected chi connectivity index (χ4v) is 3.06. The third-order valence-corrected chi connectivity index (χ3v) is 4.75. The largest absolute Gasteiger partial charge is 0.363 e. The summed E-state index contributed by atoms with van der Waals surface area (Å²) >= 11 is 6.01. The van der Waals surface area contributed by atoms with E-state index in [0.717, 1.165) is 17.8 Å². The van der Waals surface area contributed by atoms with Crippen molar-refractivity contribution >= 4 is 21.6 Å². The van der Waals surface area contributed by atoms with Crippen LogP contribution in [0.1, 0.15) is 18.2 Å². The highest BCUT2D eigenvalue weighted by Crippen LogP contribution is 2.16. The van der Waals surface area contributed by atoms with Crippen molar-refractivity contribution in [3.63, 3.8) is 0 Å². The Morgan fingerprint density at radius 2 is 2.00 bits per heavy atom. The number of benzene rings is 1. The Morgan fingerprint density at radius 1 is 1.24 bits per heavy atom. The zero-order valence-corrected chi connectivity index (χ0v) is 13.3. The number of halogens is 1. The lowest BCUT2D eigenvalue weighted by molar-refractivity contribution is 0.581. The highest BCUT2D eigenvalue weighted by Gasteiger charge is 2.16. The molecule has 1 heterocycles. The highest BCUT2D eigenvalue weighted by molar-refractivity contribution is 7.89. The summed E-state index contributed by atoms with van der Waals surface area (Å²) in [4.78, 5) is 3.17. The van der Waals surface area contributed by atoms with Crippen molar-refractivity contribution in [1.29, 1.82) is 0 Å². The predicted octanol–water partition coefficient (Wildman–Crippen LogP) is 2.26. The Bertz CT molecular complexity index is 698. The second-order valence-electron chi connectivity index (χ2n) is 4.56. The van der Waals surface area contributed by atoms with E-state index >= 15 is 0 Å². The van der Waals surface area contributed by atoms with E-state index in [4.69, 9.17) is 11.6 Å². The topological polar surface area (TPSA) is 74.0 Å². The minimum absolute atomic E-state index is 0.162. The zero-order chi connectivity index (χ0) is 15.3. The molecule has 0 aliphatic carbocycles. The van der Waals surface area contributed by atoms with Crippen LogP contribution in [-0.2, 0) is 23.1 Å². The maximum atomic E-state index is 12.2. The Hall–Kier alpha value is -1.34. The van der Waals surface area contributed by atoms with Crippen LogP contribution in [0, 0.1) is 0 Å². The Morgan fingerprint density at radius 3 is 2.71 bits per heavy atom. The third kappa shape index (κ3) is 4.31. The first-order valence-corrected chi connectivity index (χ1v) is 8.50. The van der Waals surface area contributed by atoms with Crippen molar-refractivity contribution in [1.82, 2.24) is 15.0 Å². The minimum Gasteiger partial charge on any atom is -0.363 e. The van der Waals surface area contributed by atoms with Crippen LogP contribution in [0.15, 0.2) is 41.4 Å². The monoisotopic (exact) mass is 327 g/mol. The van der Waals surface area contributed by atoms with E-state index in [1.165, 1.54) is 6.20 Å². The average Bonchev–Trinajstić information content (AvgIpc) is 2.94. The maximum Gasteiger partial charge on any atom is 0.242 e. The van der Waals surface area contributed by atoms with Crippen molar-refractivity contribution in [2.75, 3.05) is 6.54 Å². The van der Waals surface area contributed by atoms with Crippen LogP contribution < -0.4 is 10.0 Å². The quantitative estimate of drug-likeness (QED) is 0.730. The van der Waals surface area contributed by atoms with Crippen molar-refractivity contribution in [2.24, 2.45) is 0 Å². The molecule has 0 fully saturated rings. The zero-order valence-electron chi connectivity index (χ0n) is 11.7. The van der Waals surface area contributed by atoms with Gasteiger partial charge in [0.05, 0.1) is 4.90 Å². The van der Waals surface area contributed by atoms with E-state index in [1.54, 1.807) is 24.3 Å². The number of nitrogens with one attached hydrogen (secondary N) is 3. The number of hydrogen-bond acceptors (Lipinski definition) is 3. The lowest BCUT2D eigenvalue weighted by Crippen LogP contribution is -2.23. The van der Waals surface area contributed by atoms with Gasteiger partial charge in [-0.05, 0) is 24.2 Å². The number of sulfonamides is 1. The second-order valence-corrected chi connectivity index (χ2v) is 6.73. The summed E-state index contributed by atoms with van der Waals surface area (Å²) in [7, 11) is -3.55. The maximum absolute atomic E-state index is 12.2. The van der Waals surface area contributed by atoms with E-state index < -0.39 is 10.0 Å². The molecule has 0 amide bonds. The van der Waals surface area contributed by atoms with Gasteiger partial charge in [0.15, 0.2) is 0 Å². The molecule has 0 unspecified atom stereocenters. The number of aromatic amines is 1. The molecule has 0 saturated carbocycles. The van der Waals surface area contributed by atoms with Gasteiger partial charge in [-0.15, -0.1) is 0 Å². The smallest absolute Gasteiger partial charge is 0.242 e. The molecule has 5 nitrogen and oxygen atoms in total. The number of hydrogen-bond donors (Lipinski definition) is 3. The van der Waals surface area contributed by atoms with Gasteiger partial charge in [0.25, 0.3) is 0 Å². The molecular formula is C14H18ClN3O2S. The van der Waals surface area contributed by atoms with Gasteiger partial charge in [-0.1, -0.05) is 36.7 Å². The van der Waals surface area contributed by atoms with Gasteiger partial charge in [0.1, 0.15) is 0 Å². The fraction of sp³-hybridized carbons (Fsp3) is 0.286. The molecule has 7 heteroatoms. The summed E-state index contributed by atoms with van der Waals surface area (Å²) in [5, 5.41) is 3.67. The Balaban J connectivity index is 2.05. The molecule has 0 spiro atoms. The first-order chi connectivity index (χ1) is 10.0. The normalized spacial score (nSPS) is 11.7. The summed E-state index contributed by atoms with van der Waals surface area (Å²) in [6.45, 7) is 3.59. The Labute approximate surface area is 129 Å². The van der Waals surface area contributed by atoms with Crippen LogP contribution in [-0.4, -0.2) is 19.9 Å². The van der Waals surface area contributed by atoms with Crippen LogP contribution in [0.4, 0.5) is 0 Å². The first-order valence-electron chi connectivity index (χ1n) is 6.64. The molecule has 21 heavy (non-hydrogen) atoms. The van der Waals surface area contributed by atoms with E-state index in [-0.39, 0.29) is 11.4 Å². The molecule has 0 saturated heterocycles. The summed E-state index contributed by atoms with van der Waals surface area (Å²) in [6.07, 6.45) is 1.49. The molecule has 2 rings (SSSR count). The van der Waals surface area contributed by atoms with E-state index in [9.17, 15) is 8.42 Å². The molecule has 114 valence electrons. The lowest BCUT2D eigenvalue weighted by atomic mass is 10.2.